The van der Waals surface area contributed by atoms with Crippen LogP contribution in [0.1, 0.15) is 22.8 Å². The average Bonchev–Trinajstić information content (AvgIpc) is 3.07. The lowest BCUT2D eigenvalue weighted by atomic mass is 10.2. The Bertz CT molecular complexity index is 744. The fraction of sp³-hybridized carbons (Fsp3) is 0.294. The van der Waals surface area contributed by atoms with E-state index in [9.17, 15) is 9.59 Å². The number of thiophene rings is 1. The molecule has 0 saturated carbocycles. The molecule has 0 bridgehead atoms. The molecule has 0 radical (unpaired) electrons. The number of anilines is 1. The van der Waals surface area contributed by atoms with E-state index >= 15 is 0 Å². The van der Waals surface area contributed by atoms with Gasteiger partial charge in [0.1, 0.15) is 11.5 Å². The highest BCUT2D eigenvalue weighted by molar-refractivity contribution is 7.08. The van der Waals surface area contributed by atoms with Crippen molar-refractivity contribution >= 4 is 29.0 Å². The molecule has 0 aliphatic rings. The minimum Gasteiger partial charge on any atom is -0.497 e. The molecule has 0 aliphatic carbocycles. The number of benzene rings is 1. The second-order valence-corrected chi connectivity index (χ2v) is 5.65. The van der Waals surface area contributed by atoms with E-state index in [1.807, 2.05) is 6.07 Å². The van der Waals surface area contributed by atoms with Gasteiger partial charge in [-0.1, -0.05) is 0 Å². The normalized spacial score (nSPS) is 10.0. The Labute approximate surface area is 149 Å². The van der Waals surface area contributed by atoms with Crippen LogP contribution in [-0.2, 0) is 11.3 Å². The van der Waals surface area contributed by atoms with E-state index in [4.69, 9.17) is 14.2 Å². The van der Waals surface area contributed by atoms with Crippen molar-refractivity contribution < 1.29 is 23.8 Å². The second kappa shape index (κ2) is 8.93. The average molecular weight is 364 g/mol. The zero-order valence-corrected chi connectivity index (χ0v) is 15.1. The van der Waals surface area contributed by atoms with Gasteiger partial charge in [-0.25, -0.2) is 4.79 Å². The maximum Gasteiger partial charge on any atom is 0.411 e. The molecule has 2 N–H and O–H groups in total. The summed E-state index contributed by atoms with van der Waals surface area (Å²) in [6.07, 6.45) is -0.591. The molecule has 1 aromatic heterocycles. The van der Waals surface area contributed by atoms with E-state index in [0.29, 0.717) is 22.7 Å². The summed E-state index contributed by atoms with van der Waals surface area (Å²) in [6, 6.07) is 5.37. The summed E-state index contributed by atoms with van der Waals surface area (Å²) in [5.74, 6) is 0.992. The Morgan fingerprint density at radius 2 is 1.96 bits per heavy atom. The summed E-state index contributed by atoms with van der Waals surface area (Å²) in [6.45, 7) is 2.25. The fourth-order valence-electron chi connectivity index (χ4n) is 2.12. The third-order valence-electron chi connectivity index (χ3n) is 3.35. The Hall–Kier alpha value is -2.74. The smallest absolute Gasteiger partial charge is 0.411 e. The van der Waals surface area contributed by atoms with Gasteiger partial charge in [0.05, 0.1) is 32.1 Å². The van der Waals surface area contributed by atoms with E-state index in [2.05, 4.69) is 10.6 Å². The summed E-state index contributed by atoms with van der Waals surface area (Å²) in [4.78, 5) is 23.9. The van der Waals surface area contributed by atoms with Gasteiger partial charge in [-0.05, 0) is 19.1 Å². The summed E-state index contributed by atoms with van der Waals surface area (Å²) in [5.41, 5.74) is 1.61. The zero-order chi connectivity index (χ0) is 18.2. The number of methoxy groups -OCH3 is 2. The van der Waals surface area contributed by atoms with Crippen molar-refractivity contribution in [2.75, 3.05) is 26.1 Å². The van der Waals surface area contributed by atoms with E-state index in [1.54, 1.807) is 44.0 Å². The lowest BCUT2D eigenvalue weighted by molar-refractivity contribution is 0.0952. The van der Waals surface area contributed by atoms with Crippen LogP contribution in [0.15, 0.2) is 29.0 Å². The Balaban J connectivity index is 2.04. The second-order valence-electron chi connectivity index (χ2n) is 4.91. The van der Waals surface area contributed by atoms with Crippen molar-refractivity contribution in [1.82, 2.24) is 5.32 Å². The van der Waals surface area contributed by atoms with E-state index in [0.717, 1.165) is 5.56 Å². The summed E-state index contributed by atoms with van der Waals surface area (Å²) in [7, 11) is 3.13. The molecule has 2 aromatic rings. The molecular weight excluding hydrogens is 344 g/mol. The van der Waals surface area contributed by atoms with Crippen LogP contribution in [0.2, 0.25) is 0 Å². The van der Waals surface area contributed by atoms with Gasteiger partial charge < -0.3 is 19.5 Å². The number of hydrogen-bond donors (Lipinski definition) is 2. The van der Waals surface area contributed by atoms with E-state index in [1.165, 1.54) is 11.3 Å². The summed E-state index contributed by atoms with van der Waals surface area (Å²) < 4.78 is 15.3. The van der Waals surface area contributed by atoms with Crippen molar-refractivity contribution in [2.45, 2.75) is 13.5 Å². The Morgan fingerprint density at radius 3 is 2.64 bits per heavy atom. The van der Waals surface area contributed by atoms with Gasteiger partial charge in [-0.2, -0.15) is 0 Å². The first-order valence-corrected chi connectivity index (χ1v) is 8.52. The van der Waals surface area contributed by atoms with Gasteiger partial charge in [-0.3, -0.25) is 10.1 Å². The van der Waals surface area contributed by atoms with Crippen molar-refractivity contribution in [3.05, 3.63) is 40.1 Å². The molecule has 134 valence electrons. The van der Waals surface area contributed by atoms with Crippen LogP contribution in [0.4, 0.5) is 10.5 Å². The van der Waals surface area contributed by atoms with Crippen LogP contribution in [-0.4, -0.2) is 32.8 Å². The number of carbonyl (C=O) groups is 2. The molecule has 0 atom stereocenters. The van der Waals surface area contributed by atoms with E-state index < -0.39 is 6.09 Å². The standard InChI is InChI=1S/C17H20N2O5S/c1-4-24-17(21)19-14-10-25-9-13(14)16(20)18-8-11-5-6-12(22-2)7-15(11)23-3/h5-7,9-10H,4,8H2,1-3H3,(H,18,20)(H,19,21). The number of ether oxygens (including phenoxy) is 3. The first kappa shape index (κ1) is 18.6. The third kappa shape index (κ3) is 4.87. The van der Waals surface area contributed by atoms with Gasteiger partial charge in [0.2, 0.25) is 0 Å². The first-order chi connectivity index (χ1) is 12.1. The Morgan fingerprint density at radius 1 is 1.16 bits per heavy atom. The van der Waals surface area contributed by atoms with Crippen molar-refractivity contribution in [3.8, 4) is 11.5 Å². The highest BCUT2D eigenvalue weighted by atomic mass is 32.1. The molecule has 1 heterocycles. The highest BCUT2D eigenvalue weighted by Gasteiger charge is 2.15. The van der Waals surface area contributed by atoms with Crippen LogP contribution >= 0.6 is 11.3 Å². The maximum absolute atomic E-state index is 12.4. The predicted molar refractivity (Wildman–Crippen MR) is 95.7 cm³/mol. The first-order valence-electron chi connectivity index (χ1n) is 7.58. The van der Waals surface area contributed by atoms with Gasteiger partial charge in [-0.15, -0.1) is 11.3 Å². The summed E-state index contributed by atoms with van der Waals surface area (Å²) in [5, 5.41) is 8.72. The van der Waals surface area contributed by atoms with Crippen LogP contribution < -0.4 is 20.1 Å². The summed E-state index contributed by atoms with van der Waals surface area (Å²) >= 11 is 1.32. The minimum atomic E-state index is -0.591. The molecule has 25 heavy (non-hydrogen) atoms. The highest BCUT2D eigenvalue weighted by Crippen LogP contribution is 2.25. The molecule has 7 nitrogen and oxygen atoms in total. The van der Waals surface area contributed by atoms with Gasteiger partial charge >= 0.3 is 6.09 Å². The predicted octanol–water partition coefficient (Wildman–Crippen LogP) is 3.26. The molecule has 1 aromatic carbocycles. The molecule has 0 fully saturated rings. The lowest BCUT2D eigenvalue weighted by Crippen LogP contribution is -2.24. The molecule has 2 amide bonds. The van der Waals surface area contributed by atoms with Crippen LogP contribution in [0.25, 0.3) is 0 Å². The molecule has 0 unspecified atom stereocenters. The van der Waals surface area contributed by atoms with Gasteiger partial charge in [0, 0.05) is 28.9 Å². The fourth-order valence-corrected chi connectivity index (χ4v) is 2.88. The number of nitrogens with one attached hydrogen (secondary N) is 2. The van der Waals surface area contributed by atoms with E-state index in [-0.39, 0.29) is 19.1 Å². The van der Waals surface area contributed by atoms with Crippen LogP contribution in [0, 0.1) is 0 Å². The van der Waals surface area contributed by atoms with Crippen LogP contribution in [0.3, 0.4) is 0 Å². The van der Waals surface area contributed by atoms with Crippen molar-refractivity contribution in [2.24, 2.45) is 0 Å². The van der Waals surface area contributed by atoms with Gasteiger partial charge in [0.25, 0.3) is 5.91 Å². The minimum absolute atomic E-state index is 0.259. The largest absolute Gasteiger partial charge is 0.497 e. The van der Waals surface area contributed by atoms with Crippen molar-refractivity contribution in [1.29, 1.82) is 0 Å². The van der Waals surface area contributed by atoms with Crippen molar-refractivity contribution in [3.63, 3.8) is 0 Å². The molecule has 8 heteroatoms. The molecule has 2 rings (SSSR count). The zero-order valence-electron chi connectivity index (χ0n) is 14.3. The molecule has 0 saturated heterocycles. The number of hydrogen-bond acceptors (Lipinski definition) is 6. The van der Waals surface area contributed by atoms with Gasteiger partial charge in [0.15, 0.2) is 0 Å². The third-order valence-corrected chi connectivity index (χ3v) is 4.10. The number of rotatable bonds is 7. The maximum atomic E-state index is 12.4. The van der Waals surface area contributed by atoms with Crippen LogP contribution in [0.5, 0.6) is 11.5 Å². The number of amides is 2. The number of carbonyl (C=O) groups excluding carboxylic acids is 2. The topological polar surface area (TPSA) is 85.9 Å². The Kier molecular flexibility index (Phi) is 6.64. The molecule has 0 spiro atoms. The molecule has 0 aliphatic heterocycles. The molecular formula is C17H20N2O5S. The monoisotopic (exact) mass is 364 g/mol. The lowest BCUT2D eigenvalue weighted by Gasteiger charge is -2.12. The SMILES string of the molecule is CCOC(=O)Nc1cscc1C(=O)NCc1ccc(OC)cc1OC. The quantitative estimate of drug-likeness (QED) is 0.787.